The Bertz CT molecular complexity index is 992. The maximum Gasteiger partial charge on any atom is 0.175 e. The predicted octanol–water partition coefficient (Wildman–Crippen LogP) is 8.04. The van der Waals surface area contributed by atoms with Crippen molar-refractivity contribution in [3.05, 3.63) is 56.0 Å². The van der Waals surface area contributed by atoms with Crippen LogP contribution in [0.2, 0.25) is 10.0 Å². The zero-order chi connectivity index (χ0) is 23.2. The molecule has 6 rings (SSSR count). The first-order chi connectivity index (χ1) is 15.8. The Morgan fingerprint density at radius 3 is 2.27 bits per heavy atom. The fraction of sp³-hybridized carbons (Fsp3) is 0.556. The summed E-state index contributed by atoms with van der Waals surface area (Å²) in [6.45, 7) is 3.62. The molecule has 0 aliphatic heterocycles. The minimum absolute atomic E-state index is 0.381. The van der Waals surface area contributed by atoms with Crippen LogP contribution in [-0.2, 0) is 13.2 Å². The number of benzene rings is 2. The van der Waals surface area contributed by atoms with Crippen molar-refractivity contribution < 1.29 is 9.47 Å². The zero-order valence-electron chi connectivity index (χ0n) is 19.3. The molecule has 4 aliphatic carbocycles. The second-order valence-corrected chi connectivity index (χ2v) is 12.2. The number of ether oxygens (including phenoxy) is 2. The zero-order valence-corrected chi connectivity index (χ0v) is 22.4. The maximum atomic E-state index is 6.14. The Hall–Kier alpha value is -0.940. The summed E-state index contributed by atoms with van der Waals surface area (Å²) in [7, 11) is 1.68. The highest BCUT2D eigenvalue weighted by molar-refractivity contribution is 9.10. The first-order valence-electron chi connectivity index (χ1n) is 12.0. The van der Waals surface area contributed by atoms with E-state index in [0.29, 0.717) is 33.9 Å². The van der Waals surface area contributed by atoms with Crippen LogP contribution in [0, 0.1) is 23.2 Å². The van der Waals surface area contributed by atoms with Crippen LogP contribution in [0.1, 0.15) is 56.6 Å². The van der Waals surface area contributed by atoms with E-state index in [1.165, 1.54) is 44.1 Å². The van der Waals surface area contributed by atoms with Crippen LogP contribution in [0.25, 0.3) is 0 Å². The van der Waals surface area contributed by atoms with Crippen molar-refractivity contribution in [3.8, 4) is 11.5 Å². The normalized spacial score (nSPS) is 28.7. The molecule has 1 N–H and O–H groups in total. The van der Waals surface area contributed by atoms with Crippen LogP contribution in [0.5, 0.6) is 11.5 Å². The van der Waals surface area contributed by atoms with Crippen molar-refractivity contribution >= 4 is 39.1 Å². The van der Waals surface area contributed by atoms with E-state index in [0.717, 1.165) is 40.1 Å². The number of nitrogens with one attached hydrogen (secondary N) is 1. The number of halogens is 3. The van der Waals surface area contributed by atoms with Crippen LogP contribution in [-0.4, -0.2) is 13.2 Å². The molecule has 3 nitrogen and oxygen atoms in total. The lowest BCUT2D eigenvalue weighted by Gasteiger charge is -2.59. The molecule has 2 aromatic rings. The summed E-state index contributed by atoms with van der Waals surface area (Å²) in [4.78, 5) is 0. The highest BCUT2D eigenvalue weighted by atomic mass is 79.9. The van der Waals surface area contributed by atoms with E-state index < -0.39 is 0 Å². The monoisotopic (exact) mass is 551 g/mol. The number of hydrogen-bond donors (Lipinski definition) is 1. The van der Waals surface area contributed by atoms with Gasteiger partial charge in [-0.15, -0.1) is 0 Å². The van der Waals surface area contributed by atoms with Crippen molar-refractivity contribution in [1.29, 1.82) is 0 Å². The highest BCUT2D eigenvalue weighted by Crippen LogP contribution is 2.61. The van der Waals surface area contributed by atoms with Crippen LogP contribution in [0.15, 0.2) is 34.8 Å². The van der Waals surface area contributed by atoms with E-state index >= 15 is 0 Å². The predicted molar refractivity (Wildman–Crippen MR) is 138 cm³/mol. The molecule has 33 heavy (non-hydrogen) atoms. The van der Waals surface area contributed by atoms with Crippen LogP contribution < -0.4 is 14.8 Å². The first kappa shape index (κ1) is 23.8. The molecule has 0 saturated heterocycles. The van der Waals surface area contributed by atoms with Gasteiger partial charge in [-0.25, -0.2) is 0 Å². The third kappa shape index (κ3) is 4.91. The van der Waals surface area contributed by atoms with Gasteiger partial charge >= 0.3 is 0 Å². The molecular weight excluding hydrogens is 521 g/mol. The van der Waals surface area contributed by atoms with Crippen molar-refractivity contribution in [2.24, 2.45) is 23.2 Å². The van der Waals surface area contributed by atoms with Gasteiger partial charge in [0.2, 0.25) is 0 Å². The molecule has 0 spiro atoms. The summed E-state index contributed by atoms with van der Waals surface area (Å²) in [6.07, 6.45) is 8.71. The third-order valence-electron chi connectivity index (χ3n) is 8.27. The lowest BCUT2D eigenvalue weighted by molar-refractivity contribution is -0.0706. The number of rotatable bonds is 8. The smallest absolute Gasteiger partial charge is 0.175 e. The molecule has 4 bridgehead atoms. The maximum absolute atomic E-state index is 6.14. The lowest BCUT2D eigenvalue weighted by atomic mass is 9.48. The summed E-state index contributed by atoms with van der Waals surface area (Å²) in [6, 6.07) is 10.3. The quantitative estimate of drug-likeness (QED) is 0.359. The standard InChI is InChI=1S/C27H32BrCl2NO2/c1-16(27-11-18-5-19(12-27)7-20(6-18)13-27)31-14-21-8-22(28)26(25(10-21)32-2)33-15-17-3-4-23(29)24(30)9-17/h3-4,8-10,16,18-20,31H,5-7,11-15H2,1-2H3. The molecular formula is C27H32BrCl2NO2. The van der Waals surface area contributed by atoms with Crippen molar-refractivity contribution in [2.45, 2.75) is 64.6 Å². The van der Waals surface area contributed by atoms with Gasteiger partial charge in [0.25, 0.3) is 0 Å². The van der Waals surface area contributed by atoms with E-state index in [1.54, 1.807) is 13.2 Å². The Morgan fingerprint density at radius 1 is 1.00 bits per heavy atom. The Labute approximate surface area is 215 Å². The molecule has 4 fully saturated rings. The van der Waals surface area contributed by atoms with E-state index in [2.05, 4.69) is 40.3 Å². The van der Waals surface area contributed by atoms with Gasteiger partial charge in [-0.05, 0) is 120 Å². The first-order valence-corrected chi connectivity index (χ1v) is 13.6. The molecule has 2 aromatic carbocycles. The van der Waals surface area contributed by atoms with Gasteiger partial charge < -0.3 is 14.8 Å². The third-order valence-corrected chi connectivity index (χ3v) is 9.60. The minimum atomic E-state index is 0.381. The minimum Gasteiger partial charge on any atom is -0.493 e. The van der Waals surface area contributed by atoms with Gasteiger partial charge in [0.15, 0.2) is 11.5 Å². The molecule has 4 aliphatic rings. The average Bonchev–Trinajstić information content (AvgIpc) is 2.77. The average molecular weight is 553 g/mol. The van der Waals surface area contributed by atoms with Crippen LogP contribution in [0.4, 0.5) is 0 Å². The van der Waals surface area contributed by atoms with Crippen LogP contribution >= 0.6 is 39.1 Å². The van der Waals surface area contributed by atoms with Gasteiger partial charge in [-0.2, -0.15) is 0 Å². The fourth-order valence-electron chi connectivity index (χ4n) is 7.00. The van der Waals surface area contributed by atoms with Gasteiger partial charge in [0.05, 0.1) is 21.6 Å². The summed E-state index contributed by atoms with van der Waals surface area (Å²) < 4.78 is 12.7. The van der Waals surface area contributed by atoms with Gasteiger partial charge in [0.1, 0.15) is 6.61 Å². The fourth-order valence-corrected chi connectivity index (χ4v) is 7.92. The summed E-state index contributed by atoms with van der Waals surface area (Å²) in [5, 5.41) is 4.95. The van der Waals surface area contributed by atoms with Gasteiger partial charge in [0, 0.05) is 12.6 Å². The van der Waals surface area contributed by atoms with Crippen molar-refractivity contribution in [2.75, 3.05) is 7.11 Å². The van der Waals surface area contributed by atoms with E-state index in [-0.39, 0.29) is 0 Å². The lowest BCUT2D eigenvalue weighted by Crippen LogP contribution is -2.54. The van der Waals surface area contributed by atoms with Gasteiger partial charge in [-0.1, -0.05) is 29.3 Å². The topological polar surface area (TPSA) is 30.5 Å². The molecule has 178 valence electrons. The molecule has 0 heterocycles. The summed E-state index contributed by atoms with van der Waals surface area (Å²) in [5.74, 6) is 4.34. The molecule has 4 saturated carbocycles. The molecule has 1 unspecified atom stereocenters. The Morgan fingerprint density at radius 2 is 1.67 bits per heavy atom. The van der Waals surface area contributed by atoms with Gasteiger partial charge in [-0.3, -0.25) is 0 Å². The molecule has 0 aromatic heterocycles. The van der Waals surface area contributed by atoms with E-state index in [4.69, 9.17) is 32.7 Å². The SMILES string of the molecule is COc1cc(CNC(C)C23CC4CC(CC(C4)C2)C3)cc(Br)c1OCc1ccc(Cl)c(Cl)c1. The van der Waals surface area contributed by atoms with E-state index in [9.17, 15) is 0 Å². The summed E-state index contributed by atoms with van der Waals surface area (Å²) >= 11 is 15.9. The molecule has 6 heteroatoms. The molecule has 1 atom stereocenters. The largest absolute Gasteiger partial charge is 0.493 e. The Balaban J connectivity index is 1.25. The second kappa shape index (κ2) is 9.60. The van der Waals surface area contributed by atoms with Crippen LogP contribution in [0.3, 0.4) is 0 Å². The summed E-state index contributed by atoms with van der Waals surface area (Å²) in [5.41, 5.74) is 2.64. The highest BCUT2D eigenvalue weighted by Gasteiger charge is 2.52. The second-order valence-electron chi connectivity index (χ2n) is 10.5. The Kier molecular flexibility index (Phi) is 6.92. The number of hydrogen-bond acceptors (Lipinski definition) is 3. The van der Waals surface area contributed by atoms with E-state index in [1.807, 2.05) is 12.1 Å². The number of methoxy groups -OCH3 is 1. The molecule has 0 radical (unpaired) electrons. The van der Waals surface area contributed by atoms with Crippen molar-refractivity contribution in [1.82, 2.24) is 5.32 Å². The molecule has 0 amide bonds. The van der Waals surface area contributed by atoms with Crippen molar-refractivity contribution in [3.63, 3.8) is 0 Å².